The predicted octanol–water partition coefficient (Wildman–Crippen LogP) is 6.82. The van der Waals surface area contributed by atoms with E-state index in [4.69, 9.17) is 0 Å². The molecule has 2 aliphatic heterocycles. The molecule has 0 aliphatic carbocycles. The molecule has 1 fully saturated rings. The van der Waals surface area contributed by atoms with Crippen LogP contribution < -0.4 is 0 Å². The maximum absolute atomic E-state index is 14.4. The van der Waals surface area contributed by atoms with Crippen molar-refractivity contribution in [3.05, 3.63) is 35.4 Å². The van der Waals surface area contributed by atoms with Crippen LogP contribution in [0.5, 0.6) is 0 Å². The number of hydrogen-bond acceptors (Lipinski definition) is 2. The molecular formula is C24H19F17N2O2. The van der Waals surface area contributed by atoms with Crippen LogP contribution in [0.1, 0.15) is 24.0 Å². The quantitative estimate of drug-likeness (QED) is 0.281. The Hall–Kier alpha value is -3.03. The molecule has 0 spiro atoms. The molecule has 2 aliphatic rings. The van der Waals surface area contributed by atoms with Crippen molar-refractivity contribution in [2.75, 3.05) is 19.6 Å². The third-order valence-electron chi connectivity index (χ3n) is 7.56. The number of fused-ring (bicyclic) bond motifs is 1. The second kappa shape index (κ2) is 11.0. The number of carbonyl (C=O) groups excluding carboxylic acids is 2. The van der Waals surface area contributed by atoms with Crippen LogP contribution in [0, 0.1) is 5.92 Å². The summed E-state index contributed by atoms with van der Waals surface area (Å²) in [7, 11) is 0. The lowest BCUT2D eigenvalue weighted by atomic mass is 9.88. The molecule has 1 aromatic rings. The second-order valence-electron chi connectivity index (χ2n) is 10.4. The van der Waals surface area contributed by atoms with Gasteiger partial charge < -0.3 is 9.80 Å². The van der Waals surface area contributed by atoms with Crippen molar-refractivity contribution in [3.63, 3.8) is 0 Å². The van der Waals surface area contributed by atoms with Gasteiger partial charge in [-0.2, -0.15) is 74.6 Å². The molecule has 0 aromatic heterocycles. The van der Waals surface area contributed by atoms with Gasteiger partial charge in [0.1, 0.15) is 0 Å². The zero-order valence-electron chi connectivity index (χ0n) is 22.0. The molecule has 45 heavy (non-hydrogen) atoms. The van der Waals surface area contributed by atoms with Gasteiger partial charge in [-0.3, -0.25) is 9.59 Å². The monoisotopic (exact) mass is 690 g/mol. The third-order valence-corrected chi connectivity index (χ3v) is 7.56. The summed E-state index contributed by atoms with van der Waals surface area (Å²) in [6.45, 7) is -1.86. The average Bonchev–Trinajstić information content (AvgIpc) is 2.94. The van der Waals surface area contributed by atoms with Gasteiger partial charge in [-0.05, 0) is 30.4 Å². The number of likely N-dealkylation sites (tertiary alicyclic amines) is 1. The topological polar surface area (TPSA) is 40.6 Å². The Morgan fingerprint density at radius 1 is 0.556 bits per heavy atom. The molecule has 0 atom stereocenters. The van der Waals surface area contributed by atoms with Crippen molar-refractivity contribution in [1.29, 1.82) is 0 Å². The number of carbonyl (C=O) groups is 2. The van der Waals surface area contributed by atoms with Crippen molar-refractivity contribution < 1.29 is 84.2 Å². The SMILES string of the molecule is O=C(C1CCN(C(=O)C(F)(F)C(F)(F)C(F)(F)C(F)(F)C(F)(F)C(F)(F)C(F)(F)C(F)(F)F)CC1)N1CCc2ccccc2C1. The lowest BCUT2D eigenvalue weighted by Crippen LogP contribution is -2.75. The number of piperidine rings is 1. The number of alkyl halides is 17. The van der Waals surface area contributed by atoms with Crippen molar-refractivity contribution in [2.45, 2.75) is 73.4 Å². The number of benzene rings is 1. The van der Waals surface area contributed by atoms with Crippen LogP contribution in [-0.2, 0) is 22.6 Å². The van der Waals surface area contributed by atoms with Gasteiger partial charge in [0.15, 0.2) is 0 Å². The van der Waals surface area contributed by atoms with Crippen molar-refractivity contribution in [2.24, 2.45) is 5.92 Å². The summed E-state index contributed by atoms with van der Waals surface area (Å²) in [6.07, 6.45) is -8.58. The highest BCUT2D eigenvalue weighted by Gasteiger charge is 2.95. The van der Waals surface area contributed by atoms with Crippen LogP contribution in [0.2, 0.25) is 0 Å². The Balaban J connectivity index is 1.80. The fourth-order valence-electron chi connectivity index (χ4n) is 4.77. The van der Waals surface area contributed by atoms with Crippen LogP contribution >= 0.6 is 0 Å². The summed E-state index contributed by atoms with van der Waals surface area (Å²) < 4.78 is 230. The molecule has 2 heterocycles. The first kappa shape index (κ1) is 36.4. The number of hydrogen-bond donors (Lipinski definition) is 0. The van der Waals surface area contributed by atoms with Crippen LogP contribution in [0.3, 0.4) is 0 Å². The Morgan fingerprint density at radius 3 is 1.44 bits per heavy atom. The number of halogens is 17. The Labute approximate surface area is 241 Å². The van der Waals surface area contributed by atoms with Gasteiger partial charge in [0, 0.05) is 32.1 Å². The van der Waals surface area contributed by atoms with Gasteiger partial charge in [0.25, 0.3) is 5.91 Å². The molecule has 0 N–H and O–H groups in total. The van der Waals surface area contributed by atoms with Crippen LogP contribution in [-0.4, -0.2) is 88.9 Å². The van der Waals surface area contributed by atoms with E-state index in [2.05, 4.69) is 0 Å². The van der Waals surface area contributed by atoms with E-state index in [-0.39, 0.29) is 18.0 Å². The summed E-state index contributed by atoms with van der Waals surface area (Å²) in [5, 5.41) is 0. The van der Waals surface area contributed by atoms with Crippen LogP contribution in [0.25, 0.3) is 0 Å². The smallest absolute Gasteiger partial charge is 0.338 e. The van der Waals surface area contributed by atoms with E-state index in [0.717, 1.165) is 11.1 Å². The normalized spacial score (nSPS) is 18.6. The van der Waals surface area contributed by atoms with Gasteiger partial charge in [-0.25, -0.2) is 0 Å². The number of rotatable bonds is 8. The molecule has 1 aromatic carbocycles. The summed E-state index contributed by atoms with van der Waals surface area (Å²) in [4.78, 5) is 26.0. The van der Waals surface area contributed by atoms with E-state index < -0.39 is 91.3 Å². The first-order valence-corrected chi connectivity index (χ1v) is 12.5. The number of nitrogens with zero attached hydrogens (tertiary/aromatic N) is 2. The highest BCUT2D eigenvalue weighted by Crippen LogP contribution is 2.64. The van der Waals surface area contributed by atoms with E-state index in [9.17, 15) is 84.2 Å². The van der Waals surface area contributed by atoms with Crippen LogP contribution in [0.15, 0.2) is 24.3 Å². The largest absolute Gasteiger partial charge is 0.460 e. The van der Waals surface area contributed by atoms with Crippen molar-refractivity contribution in [3.8, 4) is 0 Å². The number of amides is 2. The Morgan fingerprint density at radius 2 is 0.978 bits per heavy atom. The minimum absolute atomic E-state index is 0.111. The standard InChI is InChI=1S/C24H19F17N2O2/c25-17(26,18(27,28)19(29,30)20(31,32)21(33,34)22(35,36)23(37,38)24(39,40)41)16(45)42-8-6-13(7-9-42)15(44)43-10-5-12-3-1-2-4-14(12)11-43/h1-4,13H,5-11H2. The predicted molar refractivity (Wildman–Crippen MR) is 116 cm³/mol. The molecule has 21 heteroatoms. The van der Waals surface area contributed by atoms with Crippen LogP contribution in [0.4, 0.5) is 74.6 Å². The lowest BCUT2D eigenvalue weighted by molar-refractivity contribution is -0.459. The fourth-order valence-corrected chi connectivity index (χ4v) is 4.77. The minimum Gasteiger partial charge on any atom is -0.338 e. The molecule has 3 rings (SSSR count). The molecule has 4 nitrogen and oxygen atoms in total. The lowest BCUT2D eigenvalue weighted by Gasteiger charge is -2.43. The van der Waals surface area contributed by atoms with Gasteiger partial charge in [-0.1, -0.05) is 24.3 Å². The average molecular weight is 690 g/mol. The van der Waals surface area contributed by atoms with E-state index in [1.54, 1.807) is 24.3 Å². The van der Waals surface area contributed by atoms with Crippen molar-refractivity contribution in [1.82, 2.24) is 9.80 Å². The van der Waals surface area contributed by atoms with E-state index >= 15 is 0 Å². The zero-order valence-corrected chi connectivity index (χ0v) is 22.0. The Kier molecular flexibility index (Phi) is 8.95. The Bertz CT molecular complexity index is 1290. The molecule has 0 radical (unpaired) electrons. The van der Waals surface area contributed by atoms with Crippen molar-refractivity contribution >= 4 is 11.8 Å². The maximum Gasteiger partial charge on any atom is 0.460 e. The summed E-state index contributed by atoms with van der Waals surface area (Å²) in [6, 6.07) is 6.92. The van der Waals surface area contributed by atoms with Gasteiger partial charge in [0.05, 0.1) is 0 Å². The van der Waals surface area contributed by atoms with Gasteiger partial charge in [-0.15, -0.1) is 0 Å². The first-order chi connectivity index (χ1) is 20.1. The molecule has 2 amide bonds. The van der Waals surface area contributed by atoms with E-state index in [0.29, 0.717) is 6.42 Å². The molecular weight excluding hydrogens is 671 g/mol. The molecule has 0 unspecified atom stereocenters. The zero-order chi connectivity index (χ0) is 34.8. The van der Waals surface area contributed by atoms with Gasteiger partial charge >= 0.3 is 47.6 Å². The molecule has 0 bridgehead atoms. The van der Waals surface area contributed by atoms with E-state index in [1.165, 1.54) is 4.90 Å². The second-order valence-corrected chi connectivity index (χ2v) is 10.4. The summed E-state index contributed by atoms with van der Waals surface area (Å²) in [5.74, 6) is -63.2. The highest BCUT2D eigenvalue weighted by molar-refractivity contribution is 5.85. The molecule has 1 saturated heterocycles. The summed E-state index contributed by atoms with van der Waals surface area (Å²) >= 11 is 0. The minimum atomic E-state index is -8.77. The van der Waals surface area contributed by atoms with E-state index in [1.807, 2.05) is 0 Å². The fraction of sp³-hybridized carbons (Fsp3) is 0.667. The molecule has 0 saturated carbocycles. The summed E-state index contributed by atoms with van der Waals surface area (Å²) in [5.41, 5.74) is 1.68. The first-order valence-electron chi connectivity index (χ1n) is 12.5. The third kappa shape index (κ3) is 5.34. The highest BCUT2D eigenvalue weighted by atomic mass is 19.4. The molecule has 256 valence electrons. The maximum atomic E-state index is 14.4. The van der Waals surface area contributed by atoms with Gasteiger partial charge in [0.2, 0.25) is 5.91 Å².